The van der Waals surface area contributed by atoms with Crippen molar-refractivity contribution in [2.45, 2.75) is 6.42 Å². The first-order valence-electron chi connectivity index (χ1n) is 4.32. The third-order valence-electron chi connectivity index (χ3n) is 1.80. The minimum atomic E-state index is -0.838. The third kappa shape index (κ3) is 3.22. The Morgan fingerprint density at radius 1 is 1.29 bits per heavy atom. The molecule has 0 amide bonds. The van der Waals surface area contributed by atoms with Crippen LogP contribution in [0.25, 0.3) is 0 Å². The SMILES string of the molecule is O=CCNCCc1ccc(F)c(F)c1. The van der Waals surface area contributed by atoms with Gasteiger partial charge in [0.25, 0.3) is 0 Å². The van der Waals surface area contributed by atoms with Crippen LogP contribution in [0.4, 0.5) is 8.78 Å². The number of aldehydes is 1. The van der Waals surface area contributed by atoms with Gasteiger partial charge in [-0.1, -0.05) is 6.07 Å². The van der Waals surface area contributed by atoms with Crippen LogP contribution < -0.4 is 5.32 Å². The van der Waals surface area contributed by atoms with Gasteiger partial charge in [-0.2, -0.15) is 0 Å². The van der Waals surface area contributed by atoms with Crippen molar-refractivity contribution in [2.24, 2.45) is 0 Å². The smallest absolute Gasteiger partial charge is 0.159 e. The zero-order valence-corrected chi connectivity index (χ0v) is 7.59. The molecule has 0 atom stereocenters. The van der Waals surface area contributed by atoms with E-state index in [0.29, 0.717) is 18.5 Å². The highest BCUT2D eigenvalue weighted by atomic mass is 19.2. The van der Waals surface area contributed by atoms with Gasteiger partial charge in [-0.05, 0) is 30.7 Å². The van der Waals surface area contributed by atoms with Gasteiger partial charge in [-0.25, -0.2) is 8.78 Å². The van der Waals surface area contributed by atoms with Gasteiger partial charge in [0.2, 0.25) is 0 Å². The maximum absolute atomic E-state index is 12.7. The van der Waals surface area contributed by atoms with Crippen molar-refractivity contribution in [3.05, 3.63) is 35.4 Å². The summed E-state index contributed by atoms with van der Waals surface area (Å²) in [7, 11) is 0. The van der Waals surface area contributed by atoms with Crippen LogP contribution in [0.1, 0.15) is 5.56 Å². The van der Waals surface area contributed by atoms with E-state index in [1.165, 1.54) is 6.07 Å². The van der Waals surface area contributed by atoms with Crippen molar-refractivity contribution in [3.8, 4) is 0 Å². The Morgan fingerprint density at radius 3 is 2.71 bits per heavy atom. The first kappa shape index (κ1) is 10.8. The first-order valence-corrected chi connectivity index (χ1v) is 4.32. The predicted octanol–water partition coefficient (Wildman–Crippen LogP) is 1.30. The van der Waals surface area contributed by atoms with Gasteiger partial charge in [-0.3, -0.25) is 0 Å². The lowest BCUT2D eigenvalue weighted by Crippen LogP contribution is -2.19. The lowest BCUT2D eigenvalue weighted by atomic mass is 10.1. The molecule has 1 aromatic carbocycles. The van der Waals surface area contributed by atoms with Crippen molar-refractivity contribution in [3.63, 3.8) is 0 Å². The Labute approximate surface area is 80.9 Å². The van der Waals surface area contributed by atoms with Gasteiger partial charge in [0.1, 0.15) is 6.29 Å². The van der Waals surface area contributed by atoms with Crippen molar-refractivity contribution < 1.29 is 13.6 Å². The monoisotopic (exact) mass is 199 g/mol. The van der Waals surface area contributed by atoms with Gasteiger partial charge < -0.3 is 10.1 Å². The van der Waals surface area contributed by atoms with Crippen molar-refractivity contribution in [1.82, 2.24) is 5.32 Å². The van der Waals surface area contributed by atoms with Crippen LogP contribution in [-0.4, -0.2) is 19.4 Å². The van der Waals surface area contributed by atoms with Gasteiger partial charge in [0, 0.05) is 0 Å². The summed E-state index contributed by atoms with van der Waals surface area (Å²) in [6, 6.07) is 3.79. The molecule has 0 heterocycles. The summed E-state index contributed by atoms with van der Waals surface area (Å²) >= 11 is 0. The molecule has 4 heteroatoms. The molecule has 1 rings (SSSR count). The molecular weight excluding hydrogens is 188 g/mol. The summed E-state index contributed by atoms with van der Waals surface area (Å²) in [6.45, 7) is 0.855. The van der Waals surface area contributed by atoms with Crippen LogP contribution in [0.5, 0.6) is 0 Å². The van der Waals surface area contributed by atoms with Crippen LogP contribution in [0.2, 0.25) is 0 Å². The second kappa shape index (κ2) is 5.44. The number of rotatable bonds is 5. The molecule has 14 heavy (non-hydrogen) atoms. The molecule has 76 valence electrons. The molecule has 0 aliphatic rings. The summed E-state index contributed by atoms with van der Waals surface area (Å²) in [6.07, 6.45) is 1.33. The summed E-state index contributed by atoms with van der Waals surface area (Å²) in [5.41, 5.74) is 0.710. The van der Waals surface area contributed by atoms with E-state index in [1.807, 2.05) is 0 Å². The molecule has 0 aliphatic heterocycles. The maximum Gasteiger partial charge on any atom is 0.159 e. The van der Waals surface area contributed by atoms with E-state index in [-0.39, 0.29) is 6.54 Å². The quantitative estimate of drug-likeness (QED) is 0.572. The second-order valence-corrected chi connectivity index (χ2v) is 2.87. The van der Waals surface area contributed by atoms with E-state index in [0.717, 1.165) is 18.4 Å². The summed E-state index contributed by atoms with van der Waals surface area (Å²) in [4.78, 5) is 9.94. The molecule has 0 fully saturated rings. The zero-order valence-electron chi connectivity index (χ0n) is 7.59. The Kier molecular flexibility index (Phi) is 4.19. The summed E-state index contributed by atoms with van der Waals surface area (Å²) in [5, 5.41) is 2.83. The van der Waals surface area contributed by atoms with E-state index in [4.69, 9.17) is 0 Å². The minimum Gasteiger partial charge on any atom is -0.310 e. The minimum absolute atomic E-state index is 0.281. The van der Waals surface area contributed by atoms with Gasteiger partial charge in [-0.15, -0.1) is 0 Å². The molecular formula is C10H11F2NO. The standard InChI is InChI=1S/C10H11F2NO/c11-9-2-1-8(7-10(9)12)3-4-13-5-6-14/h1-2,6-7,13H,3-5H2. The van der Waals surface area contributed by atoms with Crippen LogP contribution in [0, 0.1) is 11.6 Å². The Morgan fingerprint density at radius 2 is 2.07 bits per heavy atom. The topological polar surface area (TPSA) is 29.1 Å². The summed E-state index contributed by atoms with van der Waals surface area (Å²) < 4.78 is 25.2. The number of hydrogen-bond acceptors (Lipinski definition) is 2. The highest BCUT2D eigenvalue weighted by molar-refractivity contribution is 5.51. The molecule has 2 nitrogen and oxygen atoms in total. The lowest BCUT2D eigenvalue weighted by molar-refractivity contribution is -0.107. The Hall–Kier alpha value is -1.29. The van der Waals surface area contributed by atoms with Gasteiger partial charge in [0.05, 0.1) is 6.54 Å². The average Bonchev–Trinajstić information content (AvgIpc) is 2.18. The highest BCUT2D eigenvalue weighted by Crippen LogP contribution is 2.08. The lowest BCUT2D eigenvalue weighted by Gasteiger charge is -2.02. The largest absolute Gasteiger partial charge is 0.310 e. The predicted molar refractivity (Wildman–Crippen MR) is 49.0 cm³/mol. The van der Waals surface area contributed by atoms with Crippen LogP contribution >= 0.6 is 0 Å². The number of nitrogens with one attached hydrogen (secondary N) is 1. The Balaban J connectivity index is 2.43. The van der Waals surface area contributed by atoms with Crippen molar-refractivity contribution in [2.75, 3.05) is 13.1 Å². The van der Waals surface area contributed by atoms with Crippen LogP contribution in [0.15, 0.2) is 18.2 Å². The van der Waals surface area contributed by atoms with E-state index in [2.05, 4.69) is 5.32 Å². The zero-order chi connectivity index (χ0) is 10.4. The van der Waals surface area contributed by atoms with Gasteiger partial charge >= 0.3 is 0 Å². The molecule has 0 bridgehead atoms. The van der Waals surface area contributed by atoms with E-state index < -0.39 is 11.6 Å². The fourth-order valence-corrected chi connectivity index (χ4v) is 1.09. The number of carbonyl (C=O) groups is 1. The molecule has 0 aromatic heterocycles. The third-order valence-corrected chi connectivity index (χ3v) is 1.80. The number of benzene rings is 1. The van der Waals surface area contributed by atoms with Crippen molar-refractivity contribution >= 4 is 6.29 Å². The Bertz CT molecular complexity index is 315. The van der Waals surface area contributed by atoms with E-state index >= 15 is 0 Å². The molecule has 0 aliphatic carbocycles. The number of halogens is 2. The summed E-state index contributed by atoms with van der Waals surface area (Å²) in [5.74, 6) is -1.67. The van der Waals surface area contributed by atoms with Crippen molar-refractivity contribution in [1.29, 1.82) is 0 Å². The normalized spacial score (nSPS) is 10.1. The average molecular weight is 199 g/mol. The van der Waals surface area contributed by atoms with E-state index in [9.17, 15) is 13.6 Å². The molecule has 1 aromatic rings. The maximum atomic E-state index is 12.7. The number of hydrogen-bond donors (Lipinski definition) is 1. The van der Waals surface area contributed by atoms with E-state index in [1.54, 1.807) is 0 Å². The first-order chi connectivity index (χ1) is 6.74. The van der Waals surface area contributed by atoms with Gasteiger partial charge in [0.15, 0.2) is 11.6 Å². The molecule has 0 spiro atoms. The molecule has 0 saturated carbocycles. The fraction of sp³-hybridized carbons (Fsp3) is 0.300. The number of carbonyl (C=O) groups excluding carboxylic acids is 1. The molecule has 0 unspecified atom stereocenters. The van der Waals surface area contributed by atoms with Crippen LogP contribution in [-0.2, 0) is 11.2 Å². The van der Waals surface area contributed by atoms with Crippen LogP contribution in [0.3, 0.4) is 0 Å². The molecule has 0 saturated heterocycles. The molecule has 1 N–H and O–H groups in total. The molecule has 0 radical (unpaired) electrons. The fourth-order valence-electron chi connectivity index (χ4n) is 1.09. The highest BCUT2D eigenvalue weighted by Gasteiger charge is 2.01. The second-order valence-electron chi connectivity index (χ2n) is 2.87.